The zero-order valence-corrected chi connectivity index (χ0v) is 11.4. The molecule has 1 fully saturated rings. The number of nitrogens with one attached hydrogen (secondary N) is 1. The van der Waals surface area contributed by atoms with Gasteiger partial charge in [0.2, 0.25) is 11.8 Å². The van der Waals surface area contributed by atoms with Crippen molar-refractivity contribution >= 4 is 11.8 Å². The molecule has 1 rings (SSSR count). The Hall–Kier alpha value is -1.18. The second-order valence-electron chi connectivity index (χ2n) is 4.50. The standard InChI is InChI=1S/C12H23N3O4/c1-18-9-12(17)15-5-2-10(3-6-15)14-11(16)8-19-7-4-13/h10H,2-9,13H2,1H3,(H,14,16). The fourth-order valence-corrected chi connectivity index (χ4v) is 2.01. The summed E-state index contributed by atoms with van der Waals surface area (Å²) < 4.78 is 9.87. The van der Waals surface area contributed by atoms with Crippen molar-refractivity contribution in [3.8, 4) is 0 Å². The normalized spacial score (nSPS) is 16.4. The summed E-state index contributed by atoms with van der Waals surface area (Å²) in [6.07, 6.45) is 1.52. The minimum atomic E-state index is -0.130. The molecule has 7 heteroatoms. The molecular weight excluding hydrogens is 250 g/mol. The molecule has 0 aromatic heterocycles. The van der Waals surface area contributed by atoms with E-state index in [-0.39, 0.29) is 31.1 Å². The highest BCUT2D eigenvalue weighted by Gasteiger charge is 2.23. The summed E-state index contributed by atoms with van der Waals surface area (Å²) in [5.41, 5.74) is 5.26. The molecule has 0 unspecified atom stereocenters. The minimum absolute atomic E-state index is 0.00134. The molecule has 0 aliphatic carbocycles. The molecule has 1 heterocycles. The number of ether oxygens (including phenoxy) is 2. The summed E-state index contributed by atoms with van der Waals surface area (Å²) >= 11 is 0. The van der Waals surface area contributed by atoms with Crippen LogP contribution in [0.15, 0.2) is 0 Å². The van der Waals surface area contributed by atoms with E-state index < -0.39 is 0 Å². The monoisotopic (exact) mass is 273 g/mol. The van der Waals surface area contributed by atoms with Crippen molar-refractivity contribution in [3.05, 3.63) is 0 Å². The van der Waals surface area contributed by atoms with Crippen LogP contribution in [0.2, 0.25) is 0 Å². The first-order chi connectivity index (χ1) is 9.17. The third-order valence-corrected chi connectivity index (χ3v) is 2.98. The van der Waals surface area contributed by atoms with Crippen molar-refractivity contribution in [2.24, 2.45) is 5.73 Å². The van der Waals surface area contributed by atoms with Gasteiger partial charge in [0.25, 0.3) is 0 Å². The predicted octanol–water partition coefficient (Wildman–Crippen LogP) is -1.28. The lowest BCUT2D eigenvalue weighted by molar-refractivity contribution is -0.136. The van der Waals surface area contributed by atoms with E-state index >= 15 is 0 Å². The first-order valence-corrected chi connectivity index (χ1v) is 6.51. The molecule has 19 heavy (non-hydrogen) atoms. The van der Waals surface area contributed by atoms with E-state index in [9.17, 15) is 9.59 Å². The number of likely N-dealkylation sites (tertiary alicyclic amines) is 1. The number of carbonyl (C=O) groups excluding carboxylic acids is 2. The van der Waals surface area contributed by atoms with Crippen LogP contribution in [0.1, 0.15) is 12.8 Å². The summed E-state index contributed by atoms with van der Waals surface area (Å²) in [6, 6.07) is 0.112. The van der Waals surface area contributed by atoms with Gasteiger partial charge in [0.05, 0.1) is 6.61 Å². The van der Waals surface area contributed by atoms with Gasteiger partial charge >= 0.3 is 0 Å². The number of piperidine rings is 1. The van der Waals surface area contributed by atoms with Crippen LogP contribution in [-0.2, 0) is 19.1 Å². The highest BCUT2D eigenvalue weighted by Crippen LogP contribution is 2.10. The second kappa shape index (κ2) is 8.84. The van der Waals surface area contributed by atoms with Crippen molar-refractivity contribution in [2.75, 3.05) is 46.6 Å². The van der Waals surface area contributed by atoms with Crippen LogP contribution in [0.25, 0.3) is 0 Å². The molecular formula is C12H23N3O4. The molecule has 1 aliphatic rings. The number of hydrogen-bond donors (Lipinski definition) is 2. The van der Waals surface area contributed by atoms with Crippen molar-refractivity contribution in [2.45, 2.75) is 18.9 Å². The molecule has 0 spiro atoms. The maximum atomic E-state index is 11.6. The SMILES string of the molecule is COCC(=O)N1CCC(NC(=O)COCCN)CC1. The first kappa shape index (κ1) is 15.9. The molecule has 1 saturated heterocycles. The molecule has 0 saturated carbocycles. The van der Waals surface area contributed by atoms with Crippen LogP contribution in [0.5, 0.6) is 0 Å². The van der Waals surface area contributed by atoms with Gasteiger partial charge in [-0.3, -0.25) is 9.59 Å². The summed E-state index contributed by atoms with van der Waals surface area (Å²) in [5.74, 6) is -0.131. The Balaban J connectivity index is 2.19. The Morgan fingerprint density at radius 3 is 2.58 bits per heavy atom. The number of methoxy groups -OCH3 is 1. The number of rotatable bonds is 7. The Kier molecular flexibility index (Phi) is 7.39. The van der Waals surface area contributed by atoms with E-state index in [0.717, 1.165) is 12.8 Å². The van der Waals surface area contributed by atoms with Crippen LogP contribution in [0, 0.1) is 0 Å². The van der Waals surface area contributed by atoms with E-state index in [1.807, 2.05) is 0 Å². The molecule has 0 atom stereocenters. The summed E-state index contributed by atoms with van der Waals surface area (Å²) in [5, 5.41) is 2.90. The summed E-state index contributed by atoms with van der Waals surface area (Å²) in [4.78, 5) is 24.9. The fourth-order valence-electron chi connectivity index (χ4n) is 2.01. The van der Waals surface area contributed by atoms with Crippen molar-refractivity contribution in [3.63, 3.8) is 0 Å². The average molecular weight is 273 g/mol. The highest BCUT2D eigenvalue weighted by atomic mass is 16.5. The number of hydrogen-bond acceptors (Lipinski definition) is 5. The van der Waals surface area contributed by atoms with Crippen LogP contribution in [-0.4, -0.2) is 69.3 Å². The van der Waals surface area contributed by atoms with Gasteiger partial charge in [0.15, 0.2) is 0 Å². The maximum absolute atomic E-state index is 11.6. The van der Waals surface area contributed by atoms with E-state index in [1.54, 1.807) is 4.90 Å². The molecule has 110 valence electrons. The van der Waals surface area contributed by atoms with Crippen LogP contribution >= 0.6 is 0 Å². The number of amides is 2. The van der Waals surface area contributed by atoms with Crippen LogP contribution in [0.3, 0.4) is 0 Å². The first-order valence-electron chi connectivity index (χ1n) is 6.51. The van der Waals surface area contributed by atoms with Crippen LogP contribution < -0.4 is 11.1 Å². The zero-order valence-electron chi connectivity index (χ0n) is 11.4. The fraction of sp³-hybridized carbons (Fsp3) is 0.833. The van der Waals surface area contributed by atoms with Gasteiger partial charge in [0, 0.05) is 32.8 Å². The lowest BCUT2D eigenvalue weighted by Crippen LogP contribution is -2.48. The van der Waals surface area contributed by atoms with Gasteiger partial charge in [-0.15, -0.1) is 0 Å². The van der Waals surface area contributed by atoms with Gasteiger partial charge < -0.3 is 25.4 Å². The van der Waals surface area contributed by atoms with E-state index in [4.69, 9.17) is 15.2 Å². The van der Waals surface area contributed by atoms with Gasteiger partial charge in [-0.2, -0.15) is 0 Å². The van der Waals surface area contributed by atoms with Crippen LogP contribution in [0.4, 0.5) is 0 Å². The van der Waals surface area contributed by atoms with Gasteiger partial charge in [0.1, 0.15) is 13.2 Å². The molecule has 0 bridgehead atoms. The van der Waals surface area contributed by atoms with Gasteiger partial charge in [-0.05, 0) is 12.8 Å². The molecule has 3 N–H and O–H groups in total. The minimum Gasteiger partial charge on any atom is -0.375 e. The molecule has 2 amide bonds. The number of nitrogens with zero attached hydrogens (tertiary/aromatic N) is 1. The Bertz CT molecular complexity index is 291. The zero-order chi connectivity index (χ0) is 14.1. The van der Waals surface area contributed by atoms with E-state index in [1.165, 1.54) is 7.11 Å². The lowest BCUT2D eigenvalue weighted by Gasteiger charge is -2.32. The maximum Gasteiger partial charge on any atom is 0.248 e. The molecule has 0 aromatic carbocycles. The smallest absolute Gasteiger partial charge is 0.248 e. The van der Waals surface area contributed by atoms with Gasteiger partial charge in [-0.25, -0.2) is 0 Å². The number of carbonyl (C=O) groups is 2. The van der Waals surface area contributed by atoms with Crippen molar-refractivity contribution < 1.29 is 19.1 Å². The van der Waals surface area contributed by atoms with E-state index in [0.29, 0.717) is 26.2 Å². The Morgan fingerprint density at radius 2 is 2.00 bits per heavy atom. The summed E-state index contributed by atoms with van der Waals surface area (Å²) in [6.45, 7) is 2.25. The quantitative estimate of drug-likeness (QED) is 0.563. The van der Waals surface area contributed by atoms with Gasteiger partial charge in [-0.1, -0.05) is 0 Å². The Labute approximate surface area is 113 Å². The summed E-state index contributed by atoms with van der Waals surface area (Å²) in [7, 11) is 1.51. The van der Waals surface area contributed by atoms with Crippen molar-refractivity contribution in [1.29, 1.82) is 0 Å². The third kappa shape index (κ3) is 6.00. The second-order valence-corrected chi connectivity index (χ2v) is 4.50. The molecule has 0 radical (unpaired) electrons. The van der Waals surface area contributed by atoms with E-state index in [2.05, 4.69) is 5.32 Å². The largest absolute Gasteiger partial charge is 0.375 e. The molecule has 1 aliphatic heterocycles. The number of nitrogens with two attached hydrogens (primary N) is 1. The lowest BCUT2D eigenvalue weighted by atomic mass is 10.1. The predicted molar refractivity (Wildman–Crippen MR) is 69.5 cm³/mol. The highest BCUT2D eigenvalue weighted by molar-refractivity contribution is 5.78. The Morgan fingerprint density at radius 1 is 1.32 bits per heavy atom. The van der Waals surface area contributed by atoms with Crippen molar-refractivity contribution in [1.82, 2.24) is 10.2 Å². The third-order valence-electron chi connectivity index (χ3n) is 2.98. The molecule has 7 nitrogen and oxygen atoms in total. The topological polar surface area (TPSA) is 93.9 Å². The average Bonchev–Trinajstić information content (AvgIpc) is 2.40. The molecule has 0 aromatic rings.